The summed E-state index contributed by atoms with van der Waals surface area (Å²) in [5.41, 5.74) is 0.0460. The lowest BCUT2D eigenvalue weighted by Gasteiger charge is -2.49. The molecule has 1 aliphatic heterocycles. The summed E-state index contributed by atoms with van der Waals surface area (Å²) in [5, 5.41) is 8.98. The SMILES string of the molecule is CC1(CO)CC2(C1)OCCO2. The van der Waals surface area contributed by atoms with E-state index in [0.29, 0.717) is 13.2 Å². The molecule has 0 aromatic rings. The predicted molar refractivity (Wildman–Crippen MR) is 39.1 cm³/mol. The Balaban J connectivity index is 1.95. The van der Waals surface area contributed by atoms with Gasteiger partial charge in [-0.2, -0.15) is 0 Å². The van der Waals surface area contributed by atoms with Gasteiger partial charge >= 0.3 is 0 Å². The van der Waals surface area contributed by atoms with Gasteiger partial charge < -0.3 is 14.6 Å². The van der Waals surface area contributed by atoms with Gasteiger partial charge in [0.15, 0.2) is 5.79 Å². The van der Waals surface area contributed by atoms with Crippen LogP contribution in [0.15, 0.2) is 0 Å². The molecule has 2 aliphatic rings. The molecule has 0 unspecified atom stereocenters. The van der Waals surface area contributed by atoms with Crippen LogP contribution in [0.25, 0.3) is 0 Å². The van der Waals surface area contributed by atoms with E-state index in [0.717, 1.165) is 12.8 Å². The second-order valence-electron chi connectivity index (χ2n) is 3.93. The molecule has 2 rings (SSSR count). The molecule has 1 N–H and O–H groups in total. The quantitative estimate of drug-likeness (QED) is 0.604. The molecule has 0 bridgehead atoms. The number of hydrogen-bond acceptors (Lipinski definition) is 3. The van der Waals surface area contributed by atoms with Crippen molar-refractivity contribution in [2.45, 2.75) is 25.6 Å². The first-order valence-electron chi connectivity index (χ1n) is 4.07. The van der Waals surface area contributed by atoms with Gasteiger partial charge in [0.2, 0.25) is 0 Å². The van der Waals surface area contributed by atoms with E-state index in [1.54, 1.807) is 0 Å². The Kier molecular flexibility index (Phi) is 1.50. The maximum Gasteiger partial charge on any atom is 0.169 e. The van der Waals surface area contributed by atoms with Crippen LogP contribution in [0, 0.1) is 5.41 Å². The minimum atomic E-state index is -0.308. The molecule has 0 amide bonds. The average Bonchev–Trinajstić information content (AvgIpc) is 2.35. The highest BCUT2D eigenvalue weighted by molar-refractivity contribution is 4.98. The van der Waals surface area contributed by atoms with Gasteiger partial charge in [0, 0.05) is 24.9 Å². The fourth-order valence-corrected chi connectivity index (χ4v) is 2.06. The van der Waals surface area contributed by atoms with E-state index in [2.05, 4.69) is 6.92 Å². The molecule has 1 saturated carbocycles. The first-order chi connectivity index (χ1) is 5.18. The van der Waals surface area contributed by atoms with Crippen molar-refractivity contribution in [1.29, 1.82) is 0 Å². The predicted octanol–water partition coefficient (Wildman–Crippen LogP) is 0.522. The molecule has 11 heavy (non-hydrogen) atoms. The van der Waals surface area contributed by atoms with Crippen LogP contribution in [0.2, 0.25) is 0 Å². The maximum absolute atomic E-state index is 8.98. The van der Waals surface area contributed by atoms with Gasteiger partial charge in [0.05, 0.1) is 13.2 Å². The van der Waals surface area contributed by atoms with Gasteiger partial charge in [0.25, 0.3) is 0 Å². The Hall–Kier alpha value is -0.120. The van der Waals surface area contributed by atoms with E-state index < -0.39 is 0 Å². The van der Waals surface area contributed by atoms with E-state index in [1.807, 2.05) is 0 Å². The molecule has 1 spiro atoms. The summed E-state index contributed by atoms with van der Waals surface area (Å²) in [6.45, 7) is 3.72. The summed E-state index contributed by atoms with van der Waals surface area (Å²) < 4.78 is 10.9. The fraction of sp³-hybridized carbons (Fsp3) is 1.00. The maximum atomic E-state index is 8.98. The first kappa shape index (κ1) is 7.53. The van der Waals surface area contributed by atoms with Crippen LogP contribution in [0.4, 0.5) is 0 Å². The monoisotopic (exact) mass is 158 g/mol. The van der Waals surface area contributed by atoms with Crippen LogP contribution in [0.3, 0.4) is 0 Å². The lowest BCUT2D eigenvalue weighted by atomic mass is 9.66. The molecule has 2 fully saturated rings. The van der Waals surface area contributed by atoms with E-state index in [-0.39, 0.29) is 17.8 Å². The third-order valence-electron chi connectivity index (χ3n) is 2.59. The molecule has 1 aliphatic carbocycles. The van der Waals surface area contributed by atoms with E-state index in [4.69, 9.17) is 14.6 Å². The van der Waals surface area contributed by atoms with Gasteiger partial charge in [-0.25, -0.2) is 0 Å². The Labute approximate surface area is 66.3 Å². The lowest BCUT2D eigenvalue weighted by Crippen LogP contribution is -2.52. The van der Waals surface area contributed by atoms with E-state index in [9.17, 15) is 0 Å². The van der Waals surface area contributed by atoms with Crippen molar-refractivity contribution in [3.05, 3.63) is 0 Å². The van der Waals surface area contributed by atoms with E-state index >= 15 is 0 Å². The lowest BCUT2D eigenvalue weighted by molar-refractivity contribution is -0.264. The Bertz CT molecular complexity index is 153. The second-order valence-corrected chi connectivity index (χ2v) is 3.93. The van der Waals surface area contributed by atoms with Crippen LogP contribution in [-0.2, 0) is 9.47 Å². The van der Waals surface area contributed by atoms with Crippen LogP contribution >= 0.6 is 0 Å². The Morgan fingerprint density at radius 2 is 1.82 bits per heavy atom. The molecule has 3 heteroatoms. The van der Waals surface area contributed by atoms with Gasteiger partial charge in [-0.05, 0) is 0 Å². The van der Waals surface area contributed by atoms with E-state index in [1.165, 1.54) is 0 Å². The van der Waals surface area contributed by atoms with Crippen molar-refractivity contribution in [3.63, 3.8) is 0 Å². The van der Waals surface area contributed by atoms with Gasteiger partial charge in [0.1, 0.15) is 0 Å². The summed E-state index contributed by atoms with van der Waals surface area (Å²) in [4.78, 5) is 0. The smallest absolute Gasteiger partial charge is 0.169 e. The average molecular weight is 158 g/mol. The molecule has 1 saturated heterocycles. The zero-order chi connectivity index (χ0) is 7.95. The number of ether oxygens (including phenoxy) is 2. The highest BCUT2D eigenvalue weighted by atomic mass is 16.7. The minimum absolute atomic E-state index is 0.0460. The number of aliphatic hydroxyl groups is 1. The van der Waals surface area contributed by atoms with Crippen LogP contribution in [-0.4, -0.2) is 30.7 Å². The van der Waals surface area contributed by atoms with Gasteiger partial charge in [-0.15, -0.1) is 0 Å². The number of rotatable bonds is 1. The zero-order valence-corrected chi connectivity index (χ0v) is 6.80. The topological polar surface area (TPSA) is 38.7 Å². The third kappa shape index (κ3) is 1.08. The highest BCUT2D eigenvalue weighted by Gasteiger charge is 2.55. The molecule has 0 aromatic heterocycles. The molecular weight excluding hydrogens is 144 g/mol. The van der Waals surface area contributed by atoms with Crippen LogP contribution < -0.4 is 0 Å². The van der Waals surface area contributed by atoms with Crippen molar-refractivity contribution in [1.82, 2.24) is 0 Å². The van der Waals surface area contributed by atoms with Crippen molar-refractivity contribution >= 4 is 0 Å². The van der Waals surface area contributed by atoms with Crippen molar-refractivity contribution in [2.24, 2.45) is 5.41 Å². The number of aliphatic hydroxyl groups excluding tert-OH is 1. The first-order valence-corrected chi connectivity index (χ1v) is 4.07. The van der Waals surface area contributed by atoms with Crippen LogP contribution in [0.1, 0.15) is 19.8 Å². The van der Waals surface area contributed by atoms with Crippen molar-refractivity contribution in [3.8, 4) is 0 Å². The molecule has 3 nitrogen and oxygen atoms in total. The van der Waals surface area contributed by atoms with Crippen LogP contribution in [0.5, 0.6) is 0 Å². The molecular formula is C8H14O3. The van der Waals surface area contributed by atoms with Crippen molar-refractivity contribution < 1.29 is 14.6 Å². The van der Waals surface area contributed by atoms with Gasteiger partial charge in [-0.1, -0.05) is 6.92 Å². The summed E-state index contributed by atoms with van der Waals surface area (Å²) in [5.74, 6) is -0.308. The Morgan fingerprint density at radius 1 is 1.27 bits per heavy atom. The van der Waals surface area contributed by atoms with Crippen molar-refractivity contribution in [2.75, 3.05) is 19.8 Å². The highest BCUT2D eigenvalue weighted by Crippen LogP contribution is 2.52. The molecule has 0 aromatic carbocycles. The summed E-state index contributed by atoms with van der Waals surface area (Å²) in [6, 6.07) is 0. The molecule has 0 atom stereocenters. The third-order valence-corrected chi connectivity index (χ3v) is 2.59. The molecule has 64 valence electrons. The second kappa shape index (κ2) is 2.19. The zero-order valence-electron chi connectivity index (χ0n) is 6.80. The minimum Gasteiger partial charge on any atom is -0.396 e. The number of hydrogen-bond donors (Lipinski definition) is 1. The normalized spacial score (nSPS) is 32.2. The molecule has 1 heterocycles. The fourth-order valence-electron chi connectivity index (χ4n) is 2.06. The summed E-state index contributed by atoms with van der Waals surface area (Å²) >= 11 is 0. The Morgan fingerprint density at radius 3 is 2.27 bits per heavy atom. The standard InChI is InChI=1S/C8H14O3/c1-7(6-9)4-8(5-7)10-2-3-11-8/h9H,2-6H2,1H3. The molecule has 0 radical (unpaired) electrons. The van der Waals surface area contributed by atoms with Gasteiger partial charge in [-0.3, -0.25) is 0 Å². The summed E-state index contributed by atoms with van der Waals surface area (Å²) in [7, 11) is 0. The summed E-state index contributed by atoms with van der Waals surface area (Å²) in [6.07, 6.45) is 1.69. The largest absolute Gasteiger partial charge is 0.396 e.